The van der Waals surface area contributed by atoms with E-state index in [1.165, 1.54) is 0 Å². The summed E-state index contributed by atoms with van der Waals surface area (Å²) in [5.74, 6) is -0.637. The average molecular weight is 407 g/mol. The van der Waals surface area contributed by atoms with Crippen molar-refractivity contribution >= 4 is 17.6 Å². The summed E-state index contributed by atoms with van der Waals surface area (Å²) in [7, 11) is 1.13. The number of aliphatic hydroxyl groups excluding tert-OH is 1. The van der Waals surface area contributed by atoms with Crippen molar-refractivity contribution in [1.29, 1.82) is 0 Å². The van der Waals surface area contributed by atoms with Gasteiger partial charge in [0.25, 0.3) is 5.56 Å². The summed E-state index contributed by atoms with van der Waals surface area (Å²) in [5, 5.41) is 14.5. The van der Waals surface area contributed by atoms with Crippen LogP contribution in [0.3, 0.4) is 0 Å². The standard InChI is InChI=1S/C17H15ClN4O6/c1-27-16(25)11-6-15(24)22(17(26)19-11)8-14-20-13(21-28-14)7-12(23)9-2-4-10(18)5-3-9/h2-6,12,23H,7-8H2,1H3,(H,19,26). The number of carbonyl (C=O) groups excluding carboxylic acids is 1. The molecule has 0 aliphatic carbocycles. The number of aliphatic hydroxyl groups is 1. The Labute approximate surface area is 162 Å². The molecule has 2 aromatic heterocycles. The zero-order valence-corrected chi connectivity index (χ0v) is 15.3. The van der Waals surface area contributed by atoms with E-state index in [-0.39, 0.29) is 30.4 Å². The molecule has 3 rings (SSSR count). The summed E-state index contributed by atoms with van der Waals surface area (Å²) in [5.41, 5.74) is -1.19. The lowest BCUT2D eigenvalue weighted by molar-refractivity contribution is 0.0593. The Kier molecular flexibility index (Phi) is 5.71. The van der Waals surface area contributed by atoms with Gasteiger partial charge in [0.1, 0.15) is 12.2 Å². The third-order valence-electron chi connectivity index (χ3n) is 3.86. The molecule has 0 saturated heterocycles. The minimum absolute atomic E-state index is 0.00303. The maximum absolute atomic E-state index is 12.1. The number of nitrogens with one attached hydrogen (secondary N) is 1. The highest BCUT2D eigenvalue weighted by Crippen LogP contribution is 2.19. The fourth-order valence-corrected chi connectivity index (χ4v) is 2.56. The van der Waals surface area contributed by atoms with E-state index in [9.17, 15) is 19.5 Å². The van der Waals surface area contributed by atoms with Gasteiger partial charge in [-0.15, -0.1) is 0 Å². The van der Waals surface area contributed by atoms with Gasteiger partial charge in [-0.25, -0.2) is 9.59 Å². The number of esters is 1. The maximum atomic E-state index is 12.1. The van der Waals surface area contributed by atoms with Crippen LogP contribution >= 0.6 is 11.6 Å². The van der Waals surface area contributed by atoms with Crippen molar-refractivity contribution in [3.05, 3.63) is 79.2 Å². The third kappa shape index (κ3) is 4.35. The topological polar surface area (TPSA) is 140 Å². The summed E-state index contributed by atoms with van der Waals surface area (Å²) in [6, 6.07) is 7.59. The summed E-state index contributed by atoms with van der Waals surface area (Å²) in [4.78, 5) is 41.9. The number of halogens is 1. The highest BCUT2D eigenvalue weighted by Gasteiger charge is 2.16. The van der Waals surface area contributed by atoms with Gasteiger partial charge in [0.05, 0.1) is 13.2 Å². The zero-order chi connectivity index (χ0) is 20.3. The van der Waals surface area contributed by atoms with Gasteiger partial charge in [-0.2, -0.15) is 4.98 Å². The Hall–Kier alpha value is -3.24. The van der Waals surface area contributed by atoms with E-state index in [1.54, 1.807) is 24.3 Å². The van der Waals surface area contributed by atoms with Gasteiger partial charge in [0.15, 0.2) is 5.82 Å². The zero-order valence-electron chi connectivity index (χ0n) is 14.6. The van der Waals surface area contributed by atoms with Crippen LogP contribution in [0.1, 0.15) is 33.9 Å². The van der Waals surface area contributed by atoms with Crippen molar-refractivity contribution in [3.63, 3.8) is 0 Å². The molecule has 1 unspecified atom stereocenters. The number of benzene rings is 1. The van der Waals surface area contributed by atoms with E-state index in [4.69, 9.17) is 16.1 Å². The van der Waals surface area contributed by atoms with Gasteiger partial charge in [-0.1, -0.05) is 28.9 Å². The quantitative estimate of drug-likeness (QED) is 0.569. The molecule has 1 atom stereocenters. The van der Waals surface area contributed by atoms with Crippen LogP contribution < -0.4 is 11.2 Å². The Morgan fingerprint density at radius 1 is 1.36 bits per heavy atom. The first-order chi connectivity index (χ1) is 13.4. The van der Waals surface area contributed by atoms with Crippen molar-refractivity contribution in [2.75, 3.05) is 7.11 Å². The molecular formula is C17H15ClN4O6. The second-order valence-electron chi connectivity index (χ2n) is 5.78. The Balaban J connectivity index is 1.74. The van der Waals surface area contributed by atoms with Gasteiger partial charge < -0.3 is 19.4 Å². The number of methoxy groups -OCH3 is 1. The highest BCUT2D eigenvalue weighted by molar-refractivity contribution is 6.30. The predicted octanol–water partition coefficient (Wildman–Crippen LogP) is 0.684. The number of H-pyrrole nitrogens is 1. The van der Waals surface area contributed by atoms with Crippen molar-refractivity contribution in [3.8, 4) is 0 Å². The van der Waals surface area contributed by atoms with Gasteiger partial charge in [0, 0.05) is 17.5 Å². The smallest absolute Gasteiger partial charge is 0.354 e. The normalized spacial score (nSPS) is 12.0. The molecule has 0 aliphatic heterocycles. The Morgan fingerprint density at radius 3 is 2.71 bits per heavy atom. The molecule has 10 nitrogen and oxygen atoms in total. The van der Waals surface area contributed by atoms with Gasteiger partial charge in [-0.05, 0) is 17.7 Å². The summed E-state index contributed by atoms with van der Waals surface area (Å²) < 4.78 is 10.3. The van der Waals surface area contributed by atoms with Crippen LogP contribution in [0.5, 0.6) is 0 Å². The minimum Gasteiger partial charge on any atom is -0.464 e. The summed E-state index contributed by atoms with van der Waals surface area (Å²) in [6.45, 7) is -0.292. The number of hydrogen-bond donors (Lipinski definition) is 2. The molecule has 2 N–H and O–H groups in total. The minimum atomic E-state index is -0.881. The molecule has 1 aromatic carbocycles. The second-order valence-corrected chi connectivity index (χ2v) is 6.22. The molecule has 11 heteroatoms. The fourth-order valence-electron chi connectivity index (χ4n) is 2.44. The lowest BCUT2D eigenvalue weighted by Crippen LogP contribution is -2.36. The molecule has 0 aliphatic rings. The van der Waals surface area contributed by atoms with Crippen LogP contribution in [-0.4, -0.2) is 37.9 Å². The third-order valence-corrected chi connectivity index (χ3v) is 4.11. The average Bonchev–Trinajstić information content (AvgIpc) is 3.11. The predicted molar refractivity (Wildman–Crippen MR) is 96.2 cm³/mol. The van der Waals surface area contributed by atoms with Crippen molar-refractivity contribution < 1.29 is 19.2 Å². The van der Waals surface area contributed by atoms with E-state index < -0.39 is 23.3 Å². The number of nitrogens with zero attached hydrogens (tertiary/aromatic N) is 3. The van der Waals surface area contributed by atoms with E-state index in [0.29, 0.717) is 10.6 Å². The number of rotatable bonds is 6. The monoisotopic (exact) mass is 406 g/mol. The van der Waals surface area contributed by atoms with E-state index >= 15 is 0 Å². The van der Waals surface area contributed by atoms with Crippen LogP contribution in [0.4, 0.5) is 0 Å². The van der Waals surface area contributed by atoms with Crippen LogP contribution in [0, 0.1) is 0 Å². The van der Waals surface area contributed by atoms with E-state index in [0.717, 1.165) is 17.7 Å². The van der Waals surface area contributed by atoms with Crippen LogP contribution in [-0.2, 0) is 17.7 Å². The number of hydrogen-bond acceptors (Lipinski definition) is 8. The maximum Gasteiger partial charge on any atom is 0.354 e. The largest absolute Gasteiger partial charge is 0.464 e. The summed E-state index contributed by atoms with van der Waals surface area (Å²) >= 11 is 5.81. The molecule has 0 radical (unpaired) electrons. The highest BCUT2D eigenvalue weighted by atomic mass is 35.5. The lowest BCUT2D eigenvalue weighted by atomic mass is 10.1. The molecule has 0 spiro atoms. The molecule has 0 amide bonds. The first kappa shape index (κ1) is 19.5. The molecular weight excluding hydrogens is 392 g/mol. The van der Waals surface area contributed by atoms with E-state index in [2.05, 4.69) is 19.9 Å². The molecule has 0 saturated carbocycles. The summed E-state index contributed by atoms with van der Waals surface area (Å²) in [6.07, 6.45) is -0.814. The van der Waals surface area contributed by atoms with Crippen LogP contribution in [0.2, 0.25) is 5.02 Å². The molecule has 28 heavy (non-hydrogen) atoms. The van der Waals surface area contributed by atoms with Gasteiger partial charge in [0.2, 0.25) is 5.89 Å². The SMILES string of the molecule is COC(=O)c1cc(=O)n(Cc2nc(CC(O)c3ccc(Cl)cc3)no2)c(=O)[nH]1. The first-order valence-electron chi connectivity index (χ1n) is 8.05. The fraction of sp³-hybridized carbons (Fsp3) is 0.235. The van der Waals surface area contributed by atoms with Crippen molar-refractivity contribution in [1.82, 2.24) is 19.7 Å². The lowest BCUT2D eigenvalue weighted by Gasteiger charge is -2.08. The number of carbonyl (C=O) groups is 1. The van der Waals surface area contributed by atoms with Crippen molar-refractivity contribution in [2.24, 2.45) is 0 Å². The first-order valence-corrected chi connectivity index (χ1v) is 8.42. The molecule has 0 fully saturated rings. The van der Waals surface area contributed by atoms with Crippen molar-refractivity contribution in [2.45, 2.75) is 19.1 Å². The number of aromatic amines is 1. The van der Waals surface area contributed by atoms with Crippen LogP contribution in [0.25, 0.3) is 0 Å². The molecule has 146 valence electrons. The molecule has 2 heterocycles. The van der Waals surface area contributed by atoms with Crippen LogP contribution in [0.15, 0.2) is 44.4 Å². The Bertz CT molecular complexity index is 1070. The molecule has 3 aromatic rings. The Morgan fingerprint density at radius 2 is 2.07 bits per heavy atom. The second kappa shape index (κ2) is 8.19. The van der Waals surface area contributed by atoms with E-state index in [1.807, 2.05) is 0 Å². The molecule has 0 bridgehead atoms. The van der Waals surface area contributed by atoms with Gasteiger partial charge in [-0.3, -0.25) is 9.36 Å². The van der Waals surface area contributed by atoms with Gasteiger partial charge >= 0.3 is 11.7 Å². The number of ether oxygens (including phenoxy) is 1. The number of aromatic nitrogens is 4.